The molecule has 0 saturated carbocycles. The Labute approximate surface area is 151 Å². The number of aromatic nitrogens is 3. The zero-order valence-electron chi connectivity index (χ0n) is 13.3. The van der Waals surface area contributed by atoms with Crippen LogP contribution in [0.2, 0.25) is 5.02 Å². The third-order valence-corrected chi connectivity index (χ3v) is 5.62. The molecule has 0 atom stereocenters. The van der Waals surface area contributed by atoms with E-state index in [1.54, 1.807) is 49.8 Å². The third kappa shape index (κ3) is 3.84. The van der Waals surface area contributed by atoms with Crippen LogP contribution in [0.25, 0.3) is 11.3 Å². The molecule has 0 bridgehead atoms. The molecule has 1 N–H and O–H groups in total. The van der Waals surface area contributed by atoms with Gasteiger partial charge in [-0.05, 0) is 36.8 Å². The molecule has 8 heteroatoms. The van der Waals surface area contributed by atoms with Gasteiger partial charge in [-0.1, -0.05) is 17.7 Å². The van der Waals surface area contributed by atoms with Crippen LogP contribution in [0.1, 0.15) is 11.3 Å². The first-order chi connectivity index (χ1) is 12.0. The largest absolute Gasteiger partial charge is 0.265 e. The molecule has 0 aliphatic heterocycles. The van der Waals surface area contributed by atoms with Crippen molar-refractivity contribution in [1.82, 2.24) is 19.7 Å². The molecular weight excluding hydrogens is 360 g/mol. The topological polar surface area (TPSA) is 84.8 Å². The quantitative estimate of drug-likeness (QED) is 0.742. The zero-order chi connectivity index (χ0) is 17.9. The van der Waals surface area contributed by atoms with Crippen molar-refractivity contribution in [3.05, 3.63) is 71.4 Å². The minimum atomic E-state index is -3.73. The van der Waals surface area contributed by atoms with Crippen LogP contribution in [0.3, 0.4) is 0 Å². The van der Waals surface area contributed by atoms with Gasteiger partial charge in [-0.15, -0.1) is 0 Å². The highest BCUT2D eigenvalue weighted by Crippen LogP contribution is 2.23. The maximum Gasteiger partial charge on any atom is 0.241 e. The Hall–Kier alpha value is -2.35. The van der Waals surface area contributed by atoms with Crippen LogP contribution in [-0.2, 0) is 16.6 Å². The van der Waals surface area contributed by atoms with E-state index in [1.807, 2.05) is 0 Å². The van der Waals surface area contributed by atoms with Crippen LogP contribution in [0.15, 0.2) is 60.0 Å². The summed E-state index contributed by atoms with van der Waals surface area (Å²) in [6.07, 6.45) is 6.38. The number of hydrogen-bond donors (Lipinski definition) is 1. The van der Waals surface area contributed by atoms with Crippen molar-refractivity contribution in [1.29, 1.82) is 0 Å². The van der Waals surface area contributed by atoms with Crippen molar-refractivity contribution < 1.29 is 8.42 Å². The molecule has 0 spiro atoms. The summed E-state index contributed by atoms with van der Waals surface area (Å²) in [5.41, 5.74) is 2.45. The van der Waals surface area contributed by atoms with Gasteiger partial charge in [0.2, 0.25) is 10.0 Å². The van der Waals surface area contributed by atoms with E-state index >= 15 is 0 Å². The SMILES string of the molecule is Cc1c(Cl)cccc1S(=O)(=O)NCc1nccnc1-c1ccncc1. The molecule has 0 saturated heterocycles. The van der Waals surface area contributed by atoms with Crippen LogP contribution in [0, 0.1) is 6.92 Å². The van der Waals surface area contributed by atoms with Crippen molar-refractivity contribution in [2.24, 2.45) is 0 Å². The van der Waals surface area contributed by atoms with E-state index < -0.39 is 10.0 Å². The van der Waals surface area contributed by atoms with E-state index in [1.165, 1.54) is 12.3 Å². The van der Waals surface area contributed by atoms with Crippen LogP contribution < -0.4 is 4.72 Å². The van der Waals surface area contributed by atoms with E-state index in [0.29, 0.717) is 22.0 Å². The van der Waals surface area contributed by atoms with Crippen molar-refractivity contribution in [2.45, 2.75) is 18.4 Å². The molecule has 2 aromatic heterocycles. The zero-order valence-corrected chi connectivity index (χ0v) is 14.9. The Morgan fingerprint density at radius 2 is 1.76 bits per heavy atom. The van der Waals surface area contributed by atoms with E-state index in [2.05, 4.69) is 19.7 Å². The van der Waals surface area contributed by atoms with Crippen molar-refractivity contribution in [2.75, 3.05) is 0 Å². The summed E-state index contributed by atoms with van der Waals surface area (Å²) in [6.45, 7) is 1.68. The number of hydrogen-bond acceptors (Lipinski definition) is 5. The van der Waals surface area contributed by atoms with E-state index in [9.17, 15) is 8.42 Å². The predicted molar refractivity (Wildman–Crippen MR) is 95.5 cm³/mol. The fourth-order valence-electron chi connectivity index (χ4n) is 2.37. The second kappa shape index (κ2) is 7.26. The lowest BCUT2D eigenvalue weighted by molar-refractivity contribution is 0.580. The Kier molecular flexibility index (Phi) is 5.08. The Balaban J connectivity index is 1.89. The minimum Gasteiger partial charge on any atom is -0.265 e. The second-order valence-corrected chi connectivity index (χ2v) is 7.42. The number of benzene rings is 1. The maximum absolute atomic E-state index is 12.6. The van der Waals surface area contributed by atoms with Gasteiger partial charge in [0.05, 0.1) is 22.8 Å². The molecule has 0 unspecified atom stereocenters. The molecule has 3 rings (SSSR count). The molecule has 0 amide bonds. The number of rotatable bonds is 5. The predicted octanol–water partition coefficient (Wildman–Crippen LogP) is 2.98. The van der Waals surface area contributed by atoms with Gasteiger partial charge in [-0.25, -0.2) is 13.1 Å². The summed E-state index contributed by atoms with van der Waals surface area (Å²) < 4.78 is 27.8. The van der Waals surface area contributed by atoms with Crippen LogP contribution in [0.4, 0.5) is 0 Å². The molecule has 1 aromatic carbocycles. The number of sulfonamides is 1. The van der Waals surface area contributed by atoms with Crippen molar-refractivity contribution in [3.8, 4) is 11.3 Å². The van der Waals surface area contributed by atoms with Crippen LogP contribution >= 0.6 is 11.6 Å². The van der Waals surface area contributed by atoms with Gasteiger partial charge in [-0.2, -0.15) is 0 Å². The lowest BCUT2D eigenvalue weighted by Crippen LogP contribution is -2.25. The lowest BCUT2D eigenvalue weighted by Gasteiger charge is -2.11. The first-order valence-corrected chi connectivity index (χ1v) is 9.30. The number of halogens is 1. The highest BCUT2D eigenvalue weighted by Gasteiger charge is 2.19. The lowest BCUT2D eigenvalue weighted by atomic mass is 10.1. The first kappa shape index (κ1) is 17.5. The molecule has 2 heterocycles. The smallest absolute Gasteiger partial charge is 0.241 e. The normalized spacial score (nSPS) is 11.4. The van der Waals surface area contributed by atoms with Gasteiger partial charge in [-0.3, -0.25) is 15.0 Å². The van der Waals surface area contributed by atoms with Gasteiger partial charge in [0.25, 0.3) is 0 Å². The Morgan fingerprint density at radius 1 is 1.04 bits per heavy atom. The second-order valence-electron chi connectivity index (χ2n) is 5.28. The monoisotopic (exact) mass is 374 g/mol. The summed E-state index contributed by atoms with van der Waals surface area (Å²) in [7, 11) is -3.73. The highest BCUT2D eigenvalue weighted by molar-refractivity contribution is 7.89. The van der Waals surface area contributed by atoms with E-state index in [-0.39, 0.29) is 11.4 Å². The molecule has 0 aliphatic rings. The number of pyridine rings is 1. The van der Waals surface area contributed by atoms with E-state index in [0.717, 1.165) is 5.56 Å². The molecule has 0 aliphatic carbocycles. The fourth-order valence-corrected chi connectivity index (χ4v) is 3.85. The van der Waals surface area contributed by atoms with E-state index in [4.69, 9.17) is 11.6 Å². The molecule has 25 heavy (non-hydrogen) atoms. The number of nitrogens with zero attached hydrogens (tertiary/aromatic N) is 3. The van der Waals surface area contributed by atoms with Gasteiger partial charge >= 0.3 is 0 Å². The standard InChI is InChI=1S/C17H15ClN4O2S/c1-12-14(18)3-2-4-16(12)25(23,24)22-11-15-17(21-10-9-20-15)13-5-7-19-8-6-13/h2-10,22H,11H2,1H3. The summed E-state index contributed by atoms with van der Waals surface area (Å²) in [5.74, 6) is 0. The maximum atomic E-state index is 12.6. The summed E-state index contributed by atoms with van der Waals surface area (Å²) in [6, 6.07) is 8.37. The van der Waals surface area contributed by atoms with Gasteiger partial charge < -0.3 is 0 Å². The van der Waals surface area contributed by atoms with Crippen molar-refractivity contribution in [3.63, 3.8) is 0 Å². The molecule has 0 radical (unpaired) electrons. The summed E-state index contributed by atoms with van der Waals surface area (Å²) >= 11 is 6.02. The fraction of sp³-hybridized carbons (Fsp3) is 0.118. The average molecular weight is 375 g/mol. The molecule has 128 valence electrons. The summed E-state index contributed by atoms with van der Waals surface area (Å²) in [5, 5.41) is 0.403. The van der Waals surface area contributed by atoms with Crippen LogP contribution in [0.5, 0.6) is 0 Å². The molecule has 6 nitrogen and oxygen atoms in total. The van der Waals surface area contributed by atoms with Gasteiger partial charge in [0.15, 0.2) is 0 Å². The van der Waals surface area contributed by atoms with Gasteiger partial charge in [0, 0.05) is 35.4 Å². The molecule has 0 fully saturated rings. The molecule has 3 aromatic rings. The Morgan fingerprint density at radius 3 is 2.52 bits per heavy atom. The first-order valence-electron chi connectivity index (χ1n) is 7.44. The summed E-state index contributed by atoms with van der Waals surface area (Å²) in [4.78, 5) is 12.7. The van der Waals surface area contributed by atoms with Gasteiger partial charge in [0.1, 0.15) is 0 Å². The minimum absolute atomic E-state index is 0.0137. The number of nitrogens with one attached hydrogen (secondary N) is 1. The molecular formula is C17H15ClN4O2S. The average Bonchev–Trinajstić information content (AvgIpc) is 2.63. The third-order valence-electron chi connectivity index (χ3n) is 3.66. The van der Waals surface area contributed by atoms with Crippen molar-refractivity contribution >= 4 is 21.6 Å². The Bertz CT molecular complexity index is 995. The highest BCUT2D eigenvalue weighted by atomic mass is 35.5. The van der Waals surface area contributed by atoms with Crippen LogP contribution in [-0.4, -0.2) is 23.4 Å².